The highest BCUT2D eigenvalue weighted by Gasteiger charge is 2.31. The molecule has 0 spiro atoms. The molecule has 1 saturated heterocycles. The average molecular weight is 344 g/mol. The van der Waals surface area contributed by atoms with Crippen molar-refractivity contribution in [1.29, 1.82) is 0 Å². The van der Waals surface area contributed by atoms with Crippen molar-refractivity contribution in [2.24, 2.45) is 0 Å². The van der Waals surface area contributed by atoms with Gasteiger partial charge in [-0.15, -0.1) is 11.3 Å². The van der Waals surface area contributed by atoms with Crippen LogP contribution in [-0.2, 0) is 0 Å². The third-order valence-electron chi connectivity index (χ3n) is 4.66. The van der Waals surface area contributed by atoms with Crippen molar-refractivity contribution < 1.29 is 9.53 Å². The van der Waals surface area contributed by atoms with Crippen LogP contribution >= 0.6 is 11.3 Å². The van der Waals surface area contributed by atoms with Crippen molar-refractivity contribution in [2.45, 2.75) is 25.8 Å². The zero-order chi connectivity index (χ0) is 16.9. The summed E-state index contributed by atoms with van der Waals surface area (Å²) in [6.07, 6.45) is 1.98. The summed E-state index contributed by atoms with van der Waals surface area (Å²) in [6, 6.07) is 11.8. The first-order chi connectivity index (χ1) is 11.7. The van der Waals surface area contributed by atoms with Crippen LogP contribution in [0.5, 0.6) is 5.75 Å². The monoisotopic (exact) mass is 344 g/mol. The number of nitrogens with zero attached hydrogens (tertiary/aromatic N) is 2. The molecule has 0 radical (unpaired) electrons. The molecule has 24 heavy (non-hydrogen) atoms. The van der Waals surface area contributed by atoms with E-state index in [-0.39, 0.29) is 11.9 Å². The third-order valence-corrected chi connectivity index (χ3v) is 5.52. The fourth-order valence-corrected chi connectivity index (χ4v) is 3.97. The van der Waals surface area contributed by atoms with Crippen molar-refractivity contribution >= 4 is 22.9 Å². The number of ether oxygens (including phenoxy) is 1. The van der Waals surface area contributed by atoms with Crippen LogP contribution in [0.15, 0.2) is 41.8 Å². The molecule has 2 heterocycles. The number of likely N-dealkylation sites (tertiary alicyclic amines) is 1. The van der Waals surface area contributed by atoms with Crippen molar-refractivity contribution in [1.82, 2.24) is 4.90 Å². The van der Waals surface area contributed by atoms with Gasteiger partial charge < -0.3 is 14.5 Å². The molecule has 0 atom stereocenters. The van der Waals surface area contributed by atoms with Gasteiger partial charge >= 0.3 is 0 Å². The minimum atomic E-state index is 0.0736. The highest BCUT2D eigenvalue weighted by atomic mass is 32.1. The molecule has 1 aliphatic rings. The highest BCUT2D eigenvalue weighted by molar-refractivity contribution is 7.12. The first-order valence-corrected chi connectivity index (χ1v) is 9.35. The predicted molar refractivity (Wildman–Crippen MR) is 99.3 cm³/mol. The van der Waals surface area contributed by atoms with Gasteiger partial charge in [0.1, 0.15) is 5.75 Å². The maximum atomic E-state index is 13.2. The molecule has 0 N–H and O–H groups in total. The fourth-order valence-electron chi connectivity index (χ4n) is 3.31. The number of anilines is 1. The Balaban J connectivity index is 1.94. The average Bonchev–Trinajstić information content (AvgIpc) is 3.17. The highest BCUT2D eigenvalue weighted by Crippen LogP contribution is 2.33. The van der Waals surface area contributed by atoms with Gasteiger partial charge in [0, 0.05) is 19.1 Å². The number of thiophene rings is 1. The topological polar surface area (TPSA) is 32.8 Å². The normalized spacial score (nSPS) is 16.1. The molecule has 1 amide bonds. The first-order valence-electron chi connectivity index (χ1n) is 8.47. The smallest absolute Gasteiger partial charge is 0.268 e. The van der Waals surface area contributed by atoms with E-state index in [0.29, 0.717) is 0 Å². The summed E-state index contributed by atoms with van der Waals surface area (Å²) in [6.45, 7) is 5.32. The number of hydrogen-bond acceptors (Lipinski definition) is 4. The van der Waals surface area contributed by atoms with Gasteiger partial charge in [0.15, 0.2) is 0 Å². The maximum absolute atomic E-state index is 13.2. The van der Waals surface area contributed by atoms with E-state index in [2.05, 4.69) is 11.8 Å². The Morgan fingerprint density at radius 1 is 1.25 bits per heavy atom. The zero-order valence-corrected chi connectivity index (χ0v) is 15.1. The van der Waals surface area contributed by atoms with E-state index in [4.69, 9.17) is 4.74 Å². The van der Waals surface area contributed by atoms with Crippen LogP contribution in [0.25, 0.3) is 0 Å². The van der Waals surface area contributed by atoms with Crippen LogP contribution in [0.4, 0.5) is 5.69 Å². The Bertz CT molecular complexity index is 664. The second kappa shape index (κ2) is 7.81. The molecule has 3 rings (SSSR count). The second-order valence-corrected chi connectivity index (χ2v) is 6.94. The number of amides is 1. The standard InChI is InChI=1S/C19H24N2O2S/c1-3-20-12-10-15(11-13-20)21(19(22)18-9-6-14-24-18)16-7-4-5-8-17(16)23-2/h4-9,14-15H,3,10-13H2,1-2H3. The Hall–Kier alpha value is -1.85. The predicted octanol–water partition coefficient (Wildman–Crippen LogP) is 3.89. The van der Waals surface area contributed by atoms with Crippen LogP contribution < -0.4 is 9.64 Å². The number of carbonyl (C=O) groups excluding carboxylic acids is 1. The molecule has 0 aliphatic carbocycles. The minimum Gasteiger partial charge on any atom is -0.495 e. The summed E-state index contributed by atoms with van der Waals surface area (Å²) >= 11 is 1.49. The molecule has 5 heteroatoms. The molecule has 0 unspecified atom stereocenters. The summed E-state index contributed by atoms with van der Waals surface area (Å²) in [7, 11) is 1.66. The number of benzene rings is 1. The second-order valence-electron chi connectivity index (χ2n) is 5.99. The van der Waals surface area contributed by atoms with Crippen molar-refractivity contribution in [3.05, 3.63) is 46.7 Å². The summed E-state index contributed by atoms with van der Waals surface area (Å²) in [4.78, 5) is 18.4. The number of carbonyl (C=O) groups is 1. The summed E-state index contributed by atoms with van der Waals surface area (Å²) in [5.74, 6) is 0.824. The van der Waals surface area contributed by atoms with Crippen molar-refractivity contribution in [3.63, 3.8) is 0 Å². The van der Waals surface area contributed by atoms with Crippen LogP contribution in [-0.4, -0.2) is 43.6 Å². The molecule has 0 saturated carbocycles. The van der Waals surface area contributed by atoms with Crippen LogP contribution in [0.3, 0.4) is 0 Å². The summed E-state index contributed by atoms with van der Waals surface area (Å²) in [5, 5.41) is 1.95. The van der Waals surface area contributed by atoms with E-state index in [1.807, 2.05) is 46.7 Å². The molecule has 2 aromatic rings. The number of para-hydroxylation sites is 2. The molecular weight excluding hydrogens is 320 g/mol. The SMILES string of the molecule is CCN1CCC(N(C(=O)c2cccs2)c2ccccc2OC)CC1. The number of rotatable bonds is 5. The largest absolute Gasteiger partial charge is 0.495 e. The van der Waals surface area contributed by atoms with E-state index in [1.54, 1.807) is 7.11 Å². The molecule has 0 bridgehead atoms. The quantitative estimate of drug-likeness (QED) is 0.825. The molecule has 1 fully saturated rings. The molecule has 1 aromatic heterocycles. The minimum absolute atomic E-state index is 0.0736. The Morgan fingerprint density at radius 3 is 2.62 bits per heavy atom. The van der Waals surface area contributed by atoms with Gasteiger partial charge in [-0.2, -0.15) is 0 Å². The fraction of sp³-hybridized carbons (Fsp3) is 0.421. The van der Waals surface area contributed by atoms with Gasteiger partial charge in [-0.05, 0) is 43.0 Å². The Kier molecular flexibility index (Phi) is 5.53. The van der Waals surface area contributed by atoms with Crippen molar-refractivity contribution in [2.75, 3.05) is 31.6 Å². The molecule has 1 aliphatic heterocycles. The number of methoxy groups -OCH3 is 1. The molecule has 128 valence electrons. The third kappa shape index (κ3) is 3.47. The van der Waals surface area contributed by atoms with Gasteiger partial charge in [0.05, 0.1) is 17.7 Å². The summed E-state index contributed by atoms with van der Waals surface area (Å²) in [5.41, 5.74) is 0.869. The summed E-state index contributed by atoms with van der Waals surface area (Å²) < 4.78 is 5.53. The van der Waals surface area contributed by atoms with Crippen molar-refractivity contribution in [3.8, 4) is 5.75 Å². The number of piperidine rings is 1. The van der Waals surface area contributed by atoms with E-state index in [1.165, 1.54) is 11.3 Å². The molecule has 1 aromatic carbocycles. The lowest BCUT2D eigenvalue weighted by Crippen LogP contribution is -2.47. The van der Waals surface area contributed by atoms with E-state index < -0.39 is 0 Å². The lowest BCUT2D eigenvalue weighted by Gasteiger charge is -2.38. The Labute approximate surface area is 147 Å². The van der Waals surface area contributed by atoms with Gasteiger partial charge in [0.25, 0.3) is 5.91 Å². The lowest BCUT2D eigenvalue weighted by molar-refractivity contribution is 0.0964. The van der Waals surface area contributed by atoms with E-state index >= 15 is 0 Å². The van der Waals surface area contributed by atoms with Gasteiger partial charge in [0.2, 0.25) is 0 Å². The molecular formula is C19H24N2O2S. The Morgan fingerprint density at radius 2 is 2.00 bits per heavy atom. The van der Waals surface area contributed by atoms with Gasteiger partial charge in [-0.1, -0.05) is 25.1 Å². The van der Waals surface area contributed by atoms with Crippen LogP contribution in [0, 0.1) is 0 Å². The first kappa shape index (κ1) is 17.0. The maximum Gasteiger partial charge on any atom is 0.268 e. The van der Waals surface area contributed by atoms with Gasteiger partial charge in [-0.3, -0.25) is 4.79 Å². The van der Waals surface area contributed by atoms with Gasteiger partial charge in [-0.25, -0.2) is 0 Å². The van der Waals surface area contributed by atoms with Crippen LogP contribution in [0.1, 0.15) is 29.4 Å². The van der Waals surface area contributed by atoms with E-state index in [0.717, 1.165) is 48.8 Å². The lowest BCUT2D eigenvalue weighted by atomic mass is 10.0. The molecule has 4 nitrogen and oxygen atoms in total. The number of hydrogen-bond donors (Lipinski definition) is 0. The zero-order valence-electron chi connectivity index (χ0n) is 14.3. The van der Waals surface area contributed by atoms with Crippen LogP contribution in [0.2, 0.25) is 0 Å². The van der Waals surface area contributed by atoms with E-state index in [9.17, 15) is 4.79 Å².